The Morgan fingerprint density at radius 2 is 2.12 bits per heavy atom. The number of ether oxygens (including phenoxy) is 3. The number of allylic oxidation sites excluding steroid dienone is 1. The van der Waals surface area contributed by atoms with E-state index >= 15 is 0 Å². The summed E-state index contributed by atoms with van der Waals surface area (Å²) in [5, 5.41) is 5.34. The van der Waals surface area contributed by atoms with Gasteiger partial charge in [0.15, 0.2) is 11.5 Å². The molecule has 134 valence electrons. The van der Waals surface area contributed by atoms with E-state index in [1.165, 1.54) is 7.11 Å². The fraction of sp³-hybridized carbons (Fsp3) is 0.333. The Kier molecular flexibility index (Phi) is 6.05. The third-order valence-electron chi connectivity index (χ3n) is 3.64. The van der Waals surface area contributed by atoms with Crippen LogP contribution in [0.15, 0.2) is 42.1 Å². The first-order chi connectivity index (χ1) is 12.0. The van der Waals surface area contributed by atoms with Crippen LogP contribution in [0.3, 0.4) is 0 Å². The molecule has 2 rings (SSSR count). The van der Waals surface area contributed by atoms with Gasteiger partial charge in [-0.3, -0.25) is 0 Å². The Bertz CT molecular complexity index is 711. The zero-order valence-corrected chi connectivity index (χ0v) is 14.5. The molecule has 2 N–H and O–H groups in total. The highest BCUT2D eigenvalue weighted by molar-refractivity contribution is 5.95. The predicted molar refractivity (Wildman–Crippen MR) is 92.4 cm³/mol. The zero-order valence-electron chi connectivity index (χ0n) is 14.5. The van der Waals surface area contributed by atoms with Crippen LogP contribution in [0.1, 0.15) is 25.5 Å². The topological polar surface area (TPSA) is 85.9 Å². The number of benzene rings is 1. The van der Waals surface area contributed by atoms with Gasteiger partial charge in [-0.15, -0.1) is 0 Å². The number of carbonyl (C=O) groups excluding carboxylic acids is 2. The molecule has 0 spiro atoms. The summed E-state index contributed by atoms with van der Waals surface area (Å²) in [4.78, 5) is 24.2. The van der Waals surface area contributed by atoms with Gasteiger partial charge in [-0.1, -0.05) is 18.7 Å². The lowest BCUT2D eigenvalue weighted by molar-refractivity contribution is -0.139. The van der Waals surface area contributed by atoms with E-state index in [1.807, 2.05) is 0 Å². The smallest absolute Gasteiger partial charge is 0.338 e. The van der Waals surface area contributed by atoms with Crippen LogP contribution in [0.4, 0.5) is 4.79 Å². The summed E-state index contributed by atoms with van der Waals surface area (Å²) >= 11 is 0. The van der Waals surface area contributed by atoms with Gasteiger partial charge >= 0.3 is 12.0 Å². The Hall–Kier alpha value is -2.96. The molecule has 0 fully saturated rings. The highest BCUT2D eigenvalue weighted by Gasteiger charge is 2.32. The van der Waals surface area contributed by atoms with Gasteiger partial charge in [-0.25, -0.2) is 9.59 Å². The lowest BCUT2D eigenvalue weighted by Gasteiger charge is -2.28. The number of rotatable bonds is 7. The molecule has 0 radical (unpaired) electrons. The standard InChI is InChI=1S/C18H22N2O5/c1-5-9-25-13-8-7-12(10-14(13)23-4)16-15(17(21)24-6-2)11(3)19-18(22)20-16/h5,7-8,10,16H,1,6,9H2,2-4H3,(H2,19,20,22). The Morgan fingerprint density at radius 3 is 2.76 bits per heavy atom. The summed E-state index contributed by atoms with van der Waals surface area (Å²) in [6, 6.07) is 4.19. The largest absolute Gasteiger partial charge is 0.493 e. The zero-order chi connectivity index (χ0) is 18.4. The molecule has 0 saturated heterocycles. The van der Waals surface area contributed by atoms with Gasteiger partial charge in [0, 0.05) is 5.70 Å². The predicted octanol–water partition coefficient (Wildman–Crippen LogP) is 2.45. The van der Waals surface area contributed by atoms with Crippen LogP contribution in [-0.4, -0.2) is 32.3 Å². The molecule has 25 heavy (non-hydrogen) atoms. The highest BCUT2D eigenvalue weighted by atomic mass is 16.5. The third-order valence-corrected chi connectivity index (χ3v) is 3.64. The van der Waals surface area contributed by atoms with E-state index in [0.717, 1.165) is 0 Å². The lowest BCUT2D eigenvalue weighted by atomic mass is 9.95. The maximum Gasteiger partial charge on any atom is 0.338 e. The number of hydrogen-bond acceptors (Lipinski definition) is 5. The summed E-state index contributed by atoms with van der Waals surface area (Å²) in [6.45, 7) is 7.58. The molecule has 0 aromatic heterocycles. The summed E-state index contributed by atoms with van der Waals surface area (Å²) in [7, 11) is 1.52. The Labute approximate surface area is 146 Å². The number of amides is 2. The van der Waals surface area contributed by atoms with Crippen molar-refractivity contribution >= 4 is 12.0 Å². The number of methoxy groups -OCH3 is 1. The molecule has 0 saturated carbocycles. The van der Waals surface area contributed by atoms with Crippen LogP contribution in [0.5, 0.6) is 11.5 Å². The number of esters is 1. The van der Waals surface area contributed by atoms with Crippen molar-refractivity contribution in [3.05, 3.63) is 47.7 Å². The molecule has 1 aromatic carbocycles. The van der Waals surface area contributed by atoms with Crippen LogP contribution >= 0.6 is 0 Å². The van der Waals surface area contributed by atoms with E-state index in [4.69, 9.17) is 14.2 Å². The summed E-state index contributed by atoms with van der Waals surface area (Å²) < 4.78 is 16.0. The Morgan fingerprint density at radius 1 is 1.36 bits per heavy atom. The van der Waals surface area contributed by atoms with E-state index in [9.17, 15) is 9.59 Å². The summed E-state index contributed by atoms with van der Waals surface area (Å²) in [5.41, 5.74) is 1.49. The van der Waals surface area contributed by atoms with Crippen molar-refractivity contribution in [1.82, 2.24) is 10.6 Å². The van der Waals surface area contributed by atoms with Crippen LogP contribution < -0.4 is 20.1 Å². The second-order valence-corrected chi connectivity index (χ2v) is 5.30. The van der Waals surface area contributed by atoms with Crippen molar-refractivity contribution in [2.45, 2.75) is 19.9 Å². The molecule has 7 nitrogen and oxygen atoms in total. The first-order valence-electron chi connectivity index (χ1n) is 7.88. The fourth-order valence-corrected chi connectivity index (χ4v) is 2.55. The molecule has 1 heterocycles. The monoisotopic (exact) mass is 346 g/mol. The quantitative estimate of drug-likeness (QED) is 0.585. The van der Waals surface area contributed by atoms with Crippen molar-refractivity contribution in [2.75, 3.05) is 20.3 Å². The second kappa shape index (κ2) is 8.23. The van der Waals surface area contributed by atoms with Crippen LogP contribution in [0, 0.1) is 0 Å². The molecule has 1 aliphatic heterocycles. The van der Waals surface area contributed by atoms with Gasteiger partial charge in [-0.05, 0) is 31.5 Å². The van der Waals surface area contributed by atoms with E-state index in [0.29, 0.717) is 34.9 Å². The summed E-state index contributed by atoms with van der Waals surface area (Å²) in [6.07, 6.45) is 1.63. The second-order valence-electron chi connectivity index (χ2n) is 5.30. The normalized spacial score (nSPS) is 16.6. The highest BCUT2D eigenvalue weighted by Crippen LogP contribution is 2.34. The molecular weight excluding hydrogens is 324 g/mol. The molecule has 1 unspecified atom stereocenters. The molecule has 1 atom stereocenters. The number of carbonyl (C=O) groups is 2. The van der Waals surface area contributed by atoms with E-state index < -0.39 is 12.0 Å². The van der Waals surface area contributed by atoms with Crippen molar-refractivity contribution in [2.24, 2.45) is 0 Å². The molecule has 0 aliphatic carbocycles. The molecule has 2 amide bonds. The van der Waals surface area contributed by atoms with Crippen molar-refractivity contribution in [3.8, 4) is 11.5 Å². The minimum absolute atomic E-state index is 0.244. The van der Waals surface area contributed by atoms with E-state index in [-0.39, 0.29) is 12.6 Å². The minimum Gasteiger partial charge on any atom is -0.493 e. The number of urea groups is 1. The third kappa shape index (κ3) is 4.12. The van der Waals surface area contributed by atoms with Gasteiger partial charge in [-0.2, -0.15) is 0 Å². The minimum atomic E-state index is -0.643. The van der Waals surface area contributed by atoms with Crippen LogP contribution in [-0.2, 0) is 9.53 Å². The number of nitrogens with one attached hydrogen (secondary N) is 2. The van der Waals surface area contributed by atoms with Crippen molar-refractivity contribution in [1.29, 1.82) is 0 Å². The van der Waals surface area contributed by atoms with Crippen LogP contribution in [0.2, 0.25) is 0 Å². The van der Waals surface area contributed by atoms with Gasteiger partial charge in [0.1, 0.15) is 6.61 Å². The van der Waals surface area contributed by atoms with E-state index in [2.05, 4.69) is 17.2 Å². The van der Waals surface area contributed by atoms with Crippen molar-refractivity contribution in [3.63, 3.8) is 0 Å². The molecule has 0 bridgehead atoms. The Balaban J connectivity index is 2.42. The maximum atomic E-state index is 12.3. The van der Waals surface area contributed by atoms with Gasteiger partial charge in [0.05, 0.1) is 25.3 Å². The lowest BCUT2D eigenvalue weighted by Crippen LogP contribution is -2.45. The average molecular weight is 346 g/mol. The molecular formula is C18H22N2O5. The van der Waals surface area contributed by atoms with E-state index in [1.54, 1.807) is 38.1 Å². The molecule has 1 aliphatic rings. The van der Waals surface area contributed by atoms with Gasteiger partial charge in [0.25, 0.3) is 0 Å². The summed E-state index contributed by atoms with van der Waals surface area (Å²) in [5.74, 6) is 0.557. The van der Waals surface area contributed by atoms with Crippen LogP contribution in [0.25, 0.3) is 0 Å². The molecule has 1 aromatic rings. The average Bonchev–Trinajstić information content (AvgIpc) is 2.59. The number of hydrogen-bond donors (Lipinski definition) is 2. The first kappa shape index (κ1) is 18.4. The molecule has 7 heteroatoms. The SMILES string of the molecule is C=CCOc1ccc(C2NC(=O)NC(C)=C2C(=O)OCC)cc1OC. The first-order valence-corrected chi connectivity index (χ1v) is 7.88. The fourth-order valence-electron chi connectivity index (χ4n) is 2.55. The maximum absolute atomic E-state index is 12.3. The van der Waals surface area contributed by atoms with Gasteiger partial charge in [0.2, 0.25) is 0 Å². The van der Waals surface area contributed by atoms with Gasteiger partial charge < -0.3 is 24.8 Å². The van der Waals surface area contributed by atoms with Crippen molar-refractivity contribution < 1.29 is 23.8 Å².